The van der Waals surface area contributed by atoms with Crippen LogP contribution in [0.5, 0.6) is 5.75 Å². The fourth-order valence-electron chi connectivity index (χ4n) is 3.10. The second kappa shape index (κ2) is 10.1. The molecule has 2 atom stereocenters. The van der Waals surface area contributed by atoms with Gasteiger partial charge >= 0.3 is 10.3 Å². The lowest BCUT2D eigenvalue weighted by atomic mass is 10.0. The molecule has 1 aromatic heterocycles. The Hall–Kier alpha value is -3.76. The summed E-state index contributed by atoms with van der Waals surface area (Å²) in [5.41, 5.74) is 10.4. The number of rotatable bonds is 10. The fraction of sp³-hybridized carbons (Fsp3) is 0.350. The van der Waals surface area contributed by atoms with E-state index in [9.17, 15) is 18.0 Å². The Morgan fingerprint density at radius 2 is 2.00 bits per heavy atom. The molecule has 3 rings (SSSR count). The molecule has 36 heavy (non-hydrogen) atoms. The first-order valence-corrected chi connectivity index (χ1v) is 12.6. The summed E-state index contributed by atoms with van der Waals surface area (Å²) < 4.78 is 37.7. The third-order valence-electron chi connectivity index (χ3n) is 4.99. The average molecular weight is 540 g/mol. The van der Waals surface area contributed by atoms with E-state index in [1.807, 2.05) is 0 Å². The van der Waals surface area contributed by atoms with Gasteiger partial charge in [-0.3, -0.25) is 19.6 Å². The van der Waals surface area contributed by atoms with Crippen molar-refractivity contribution in [3.63, 3.8) is 0 Å². The standard InChI is InChI=1S/C20H25N7O7S2/c1-10-14(18(29)27(10)36(30,31)32)25-17(28)15(13-8-35-19(23)24-13)26-34-20(2,3)9-33-12-6-4-11(5-7-12)16(21)22/h4-8,10,14H,9H2,1-3H3,(H3,21,22)(H2,23,24)(H,25,28)(H,30,31,32)/t10-,14-/m0/s1. The number of amides is 2. The Kier molecular flexibility index (Phi) is 7.51. The van der Waals surface area contributed by atoms with Crippen molar-refractivity contribution in [1.82, 2.24) is 14.6 Å². The minimum absolute atomic E-state index is 0.0193. The number of hydrogen-bond acceptors (Lipinski definition) is 11. The first-order valence-electron chi connectivity index (χ1n) is 10.4. The average Bonchev–Trinajstić information content (AvgIpc) is 3.21. The number of nitrogens with two attached hydrogens (primary N) is 2. The van der Waals surface area contributed by atoms with Crippen molar-refractivity contribution >= 4 is 50.1 Å². The number of aromatic nitrogens is 1. The maximum Gasteiger partial charge on any atom is 0.362 e. The van der Waals surface area contributed by atoms with E-state index >= 15 is 0 Å². The molecular formula is C20H25N7O7S2. The molecule has 14 nitrogen and oxygen atoms in total. The highest BCUT2D eigenvalue weighted by Crippen LogP contribution is 2.23. The molecule has 0 radical (unpaired) electrons. The van der Waals surface area contributed by atoms with E-state index in [2.05, 4.69) is 15.5 Å². The topological polar surface area (TPSA) is 223 Å². The van der Waals surface area contributed by atoms with Gasteiger partial charge in [0, 0.05) is 10.9 Å². The van der Waals surface area contributed by atoms with Crippen molar-refractivity contribution in [2.75, 3.05) is 12.3 Å². The van der Waals surface area contributed by atoms with Crippen LogP contribution in [0.3, 0.4) is 0 Å². The van der Waals surface area contributed by atoms with E-state index in [-0.39, 0.29) is 33.3 Å². The Bertz CT molecular complexity index is 1310. The van der Waals surface area contributed by atoms with Crippen LogP contribution in [0.2, 0.25) is 0 Å². The quantitative estimate of drug-likeness (QED) is 0.0900. The SMILES string of the molecule is C[C@H]1[C@H](NC(=O)C(=NOC(C)(C)COc2ccc(C(=N)N)cc2)c2csc(N)n2)C(=O)N1S(=O)(=O)O. The number of oxime groups is 1. The van der Waals surface area contributed by atoms with Gasteiger partial charge in [-0.05, 0) is 45.0 Å². The molecule has 2 amide bonds. The summed E-state index contributed by atoms with van der Waals surface area (Å²) in [4.78, 5) is 34.7. The van der Waals surface area contributed by atoms with Crippen LogP contribution >= 0.6 is 11.3 Å². The number of nitrogens with zero attached hydrogens (tertiary/aromatic N) is 3. The molecule has 16 heteroatoms. The highest BCUT2D eigenvalue weighted by Gasteiger charge is 2.51. The number of β-lactam (4-membered cyclic amide) rings is 1. The van der Waals surface area contributed by atoms with Crippen LogP contribution in [0.25, 0.3) is 0 Å². The number of carbonyl (C=O) groups excluding carboxylic acids is 2. The van der Waals surface area contributed by atoms with Crippen molar-refractivity contribution in [3.8, 4) is 5.75 Å². The number of amidine groups is 1. The summed E-state index contributed by atoms with van der Waals surface area (Å²) in [5.74, 6) is -1.44. The second-order valence-electron chi connectivity index (χ2n) is 8.39. The van der Waals surface area contributed by atoms with Crippen molar-refractivity contribution in [1.29, 1.82) is 5.41 Å². The Labute approximate surface area is 210 Å². The van der Waals surface area contributed by atoms with Gasteiger partial charge < -0.3 is 26.4 Å². The molecule has 194 valence electrons. The lowest BCUT2D eigenvalue weighted by molar-refractivity contribution is -0.144. The first-order chi connectivity index (χ1) is 16.7. The van der Waals surface area contributed by atoms with E-state index in [0.717, 1.165) is 11.3 Å². The summed E-state index contributed by atoms with van der Waals surface area (Å²) in [7, 11) is -4.75. The molecule has 0 unspecified atom stereocenters. The van der Waals surface area contributed by atoms with Gasteiger partial charge in [-0.15, -0.1) is 11.3 Å². The van der Waals surface area contributed by atoms with Crippen LogP contribution in [0.15, 0.2) is 34.8 Å². The molecule has 1 fully saturated rings. The second-order valence-corrected chi connectivity index (χ2v) is 10.6. The molecule has 1 saturated heterocycles. The lowest BCUT2D eigenvalue weighted by Crippen LogP contribution is -2.71. The Balaban J connectivity index is 1.72. The molecule has 2 heterocycles. The van der Waals surface area contributed by atoms with Crippen molar-refractivity contribution in [2.45, 2.75) is 38.5 Å². The number of ether oxygens (including phenoxy) is 1. The molecule has 0 aliphatic carbocycles. The van der Waals surface area contributed by atoms with E-state index < -0.39 is 39.8 Å². The first kappa shape index (κ1) is 26.8. The summed E-state index contributed by atoms with van der Waals surface area (Å²) in [6.45, 7) is 4.68. The summed E-state index contributed by atoms with van der Waals surface area (Å²) in [6.07, 6.45) is 0. The van der Waals surface area contributed by atoms with Gasteiger partial charge in [0.25, 0.3) is 11.8 Å². The van der Waals surface area contributed by atoms with Crippen LogP contribution in [-0.2, 0) is 24.7 Å². The van der Waals surface area contributed by atoms with Crippen LogP contribution < -0.4 is 21.5 Å². The lowest BCUT2D eigenvalue weighted by Gasteiger charge is -2.42. The number of nitrogen functional groups attached to an aromatic ring is 2. The van der Waals surface area contributed by atoms with Crippen molar-refractivity contribution < 1.29 is 32.1 Å². The van der Waals surface area contributed by atoms with Gasteiger partial charge in [-0.2, -0.15) is 8.42 Å². The van der Waals surface area contributed by atoms with Gasteiger partial charge in [-0.1, -0.05) is 5.16 Å². The summed E-state index contributed by atoms with van der Waals surface area (Å²) in [6, 6.07) is 4.31. The van der Waals surface area contributed by atoms with Crippen LogP contribution in [0.4, 0.5) is 5.13 Å². The van der Waals surface area contributed by atoms with Crippen LogP contribution in [-0.4, -0.2) is 69.9 Å². The minimum Gasteiger partial charge on any atom is -0.489 e. The van der Waals surface area contributed by atoms with E-state index in [1.54, 1.807) is 38.1 Å². The predicted molar refractivity (Wildman–Crippen MR) is 131 cm³/mol. The maximum atomic E-state index is 12.9. The molecule has 0 spiro atoms. The molecule has 0 bridgehead atoms. The maximum absolute atomic E-state index is 12.9. The summed E-state index contributed by atoms with van der Waals surface area (Å²) >= 11 is 1.05. The zero-order valence-corrected chi connectivity index (χ0v) is 21.1. The number of nitrogens with one attached hydrogen (secondary N) is 2. The molecule has 7 N–H and O–H groups in total. The predicted octanol–water partition coefficient (Wildman–Crippen LogP) is 0.106. The van der Waals surface area contributed by atoms with Gasteiger partial charge in [0.1, 0.15) is 29.9 Å². The number of benzene rings is 1. The normalized spacial score (nSPS) is 18.4. The van der Waals surface area contributed by atoms with E-state index in [1.165, 1.54) is 12.3 Å². The monoisotopic (exact) mass is 539 g/mol. The molecule has 0 saturated carbocycles. The molecule has 1 aliphatic rings. The third kappa shape index (κ3) is 6.07. The Morgan fingerprint density at radius 3 is 2.50 bits per heavy atom. The number of carbonyl (C=O) groups is 2. The van der Waals surface area contributed by atoms with Gasteiger partial charge in [0.2, 0.25) is 0 Å². The van der Waals surface area contributed by atoms with Gasteiger partial charge in [0.05, 0.1) is 6.04 Å². The number of anilines is 1. The van der Waals surface area contributed by atoms with Crippen LogP contribution in [0, 0.1) is 5.41 Å². The zero-order valence-electron chi connectivity index (χ0n) is 19.5. The van der Waals surface area contributed by atoms with Crippen molar-refractivity contribution in [2.24, 2.45) is 10.9 Å². The van der Waals surface area contributed by atoms with Crippen LogP contribution in [0.1, 0.15) is 32.0 Å². The smallest absolute Gasteiger partial charge is 0.362 e. The van der Waals surface area contributed by atoms with E-state index in [4.69, 9.17) is 31.0 Å². The molecule has 1 aromatic carbocycles. The van der Waals surface area contributed by atoms with E-state index in [0.29, 0.717) is 11.3 Å². The molecule has 1 aliphatic heterocycles. The number of thiazole rings is 1. The van der Waals surface area contributed by atoms with Crippen molar-refractivity contribution in [3.05, 3.63) is 40.9 Å². The number of hydrogen-bond donors (Lipinski definition) is 5. The largest absolute Gasteiger partial charge is 0.489 e. The molecular weight excluding hydrogens is 514 g/mol. The third-order valence-corrected chi connectivity index (χ3v) is 6.67. The van der Waals surface area contributed by atoms with Gasteiger partial charge in [-0.25, -0.2) is 9.29 Å². The highest BCUT2D eigenvalue weighted by molar-refractivity contribution is 7.84. The fourth-order valence-corrected chi connectivity index (χ4v) is 4.53. The van der Waals surface area contributed by atoms with Gasteiger partial charge in [0.15, 0.2) is 16.4 Å². The summed E-state index contributed by atoms with van der Waals surface area (Å²) in [5, 5.41) is 15.4. The minimum atomic E-state index is -4.75. The molecule has 2 aromatic rings. The zero-order chi connectivity index (χ0) is 26.8. The Morgan fingerprint density at radius 1 is 1.36 bits per heavy atom. The highest BCUT2D eigenvalue weighted by atomic mass is 32.2.